The van der Waals surface area contributed by atoms with Crippen LogP contribution < -0.4 is 0 Å². The molecule has 1 N–H and O–H groups in total. The van der Waals surface area contributed by atoms with Gasteiger partial charge in [-0.3, -0.25) is 0 Å². The summed E-state index contributed by atoms with van der Waals surface area (Å²) in [4.78, 5) is 0. The van der Waals surface area contributed by atoms with Gasteiger partial charge in [-0.25, -0.2) is 0 Å². The molecule has 0 amide bonds. The van der Waals surface area contributed by atoms with E-state index in [2.05, 4.69) is 37.3 Å². The first-order chi connectivity index (χ1) is 6.33. The summed E-state index contributed by atoms with van der Waals surface area (Å²) in [6.45, 7) is 2.46. The van der Waals surface area contributed by atoms with Gasteiger partial charge in [0.25, 0.3) is 0 Å². The summed E-state index contributed by atoms with van der Waals surface area (Å²) < 4.78 is 0. The van der Waals surface area contributed by atoms with Crippen molar-refractivity contribution in [1.82, 2.24) is 0 Å². The lowest BCUT2D eigenvalue weighted by molar-refractivity contribution is 0.220. The highest BCUT2D eigenvalue weighted by Crippen LogP contribution is 2.51. The van der Waals surface area contributed by atoms with E-state index in [1.807, 2.05) is 0 Å². The molecule has 1 aromatic rings. The van der Waals surface area contributed by atoms with Crippen LogP contribution in [0.2, 0.25) is 0 Å². The van der Waals surface area contributed by atoms with Gasteiger partial charge in [0.2, 0.25) is 0 Å². The highest BCUT2D eigenvalue weighted by Gasteiger charge is 2.41. The molecule has 1 aliphatic carbocycles. The molecule has 3 unspecified atom stereocenters. The molecular weight excluding hydrogens is 160 g/mol. The lowest BCUT2D eigenvalue weighted by atomic mass is 10.0. The van der Waals surface area contributed by atoms with Gasteiger partial charge in [-0.2, -0.15) is 0 Å². The zero-order chi connectivity index (χ0) is 9.26. The van der Waals surface area contributed by atoms with Crippen molar-refractivity contribution in [2.45, 2.75) is 19.3 Å². The molecule has 1 aromatic carbocycles. The van der Waals surface area contributed by atoms with Crippen molar-refractivity contribution in [3.05, 3.63) is 35.9 Å². The molecule has 0 aliphatic heterocycles. The normalized spacial score (nSPS) is 28.5. The van der Waals surface area contributed by atoms with Crippen LogP contribution in [0.4, 0.5) is 0 Å². The average Bonchev–Trinajstić information content (AvgIpc) is 2.98. The van der Waals surface area contributed by atoms with Crippen LogP contribution in [0.3, 0.4) is 0 Å². The van der Waals surface area contributed by atoms with Crippen molar-refractivity contribution >= 4 is 0 Å². The Balaban J connectivity index is 2.00. The third-order valence-corrected chi connectivity index (χ3v) is 3.09. The lowest BCUT2D eigenvalue weighted by Gasteiger charge is -2.06. The summed E-state index contributed by atoms with van der Waals surface area (Å²) in [5.41, 5.74) is 1.44. The maximum atomic E-state index is 9.01. The Kier molecular flexibility index (Phi) is 2.36. The second-order valence-electron chi connectivity index (χ2n) is 4.08. The molecule has 13 heavy (non-hydrogen) atoms. The zero-order valence-corrected chi connectivity index (χ0v) is 7.98. The Bertz CT molecular complexity index is 268. The predicted octanol–water partition coefficient (Wildman–Crippen LogP) is 2.42. The fourth-order valence-electron chi connectivity index (χ4n) is 2.06. The van der Waals surface area contributed by atoms with Crippen molar-refractivity contribution in [2.24, 2.45) is 11.8 Å². The van der Waals surface area contributed by atoms with Crippen molar-refractivity contribution in [3.63, 3.8) is 0 Å². The van der Waals surface area contributed by atoms with Gasteiger partial charge in [0, 0.05) is 6.61 Å². The van der Waals surface area contributed by atoms with Crippen LogP contribution >= 0.6 is 0 Å². The van der Waals surface area contributed by atoms with E-state index in [1.54, 1.807) is 0 Å². The minimum Gasteiger partial charge on any atom is -0.396 e. The SMILES string of the molecule is CC(CO)C1CC1c1ccccc1. The van der Waals surface area contributed by atoms with E-state index < -0.39 is 0 Å². The zero-order valence-electron chi connectivity index (χ0n) is 7.98. The number of benzene rings is 1. The molecule has 2 rings (SSSR count). The Labute approximate surface area is 79.4 Å². The summed E-state index contributed by atoms with van der Waals surface area (Å²) in [6, 6.07) is 10.6. The van der Waals surface area contributed by atoms with Crippen LogP contribution in [0.5, 0.6) is 0 Å². The maximum absolute atomic E-state index is 9.01. The second kappa shape index (κ2) is 3.51. The first kappa shape index (κ1) is 8.76. The molecule has 0 saturated heterocycles. The Morgan fingerprint density at radius 3 is 2.69 bits per heavy atom. The van der Waals surface area contributed by atoms with E-state index in [0.717, 1.165) is 0 Å². The molecule has 0 aromatic heterocycles. The monoisotopic (exact) mass is 176 g/mol. The largest absolute Gasteiger partial charge is 0.396 e. The van der Waals surface area contributed by atoms with E-state index in [4.69, 9.17) is 5.11 Å². The third kappa shape index (κ3) is 1.75. The van der Waals surface area contributed by atoms with Gasteiger partial charge in [-0.1, -0.05) is 37.3 Å². The highest BCUT2D eigenvalue weighted by atomic mass is 16.3. The summed E-state index contributed by atoms with van der Waals surface area (Å²) in [6.07, 6.45) is 1.26. The minimum absolute atomic E-state index is 0.327. The fourth-order valence-corrected chi connectivity index (χ4v) is 2.06. The van der Waals surface area contributed by atoms with E-state index >= 15 is 0 Å². The molecule has 1 fully saturated rings. The maximum Gasteiger partial charge on any atom is 0.0459 e. The minimum atomic E-state index is 0.327. The summed E-state index contributed by atoms with van der Waals surface area (Å²) in [5.74, 6) is 1.89. The molecule has 1 aliphatic rings. The Hall–Kier alpha value is -0.820. The molecule has 0 radical (unpaired) electrons. The number of aliphatic hydroxyl groups is 1. The van der Waals surface area contributed by atoms with Gasteiger partial charge in [-0.15, -0.1) is 0 Å². The summed E-state index contributed by atoms with van der Waals surface area (Å²) in [7, 11) is 0. The van der Waals surface area contributed by atoms with Crippen LogP contribution in [0.25, 0.3) is 0 Å². The third-order valence-electron chi connectivity index (χ3n) is 3.09. The highest BCUT2D eigenvalue weighted by molar-refractivity contribution is 5.25. The van der Waals surface area contributed by atoms with Crippen LogP contribution in [0, 0.1) is 11.8 Å². The van der Waals surface area contributed by atoms with Gasteiger partial charge in [0.05, 0.1) is 0 Å². The van der Waals surface area contributed by atoms with Crippen LogP contribution in [0.1, 0.15) is 24.8 Å². The average molecular weight is 176 g/mol. The van der Waals surface area contributed by atoms with Gasteiger partial charge in [0.1, 0.15) is 0 Å². The standard InChI is InChI=1S/C12H16O/c1-9(8-13)11-7-12(11)10-5-3-2-4-6-10/h2-6,9,11-13H,7-8H2,1H3. The topological polar surface area (TPSA) is 20.2 Å². The second-order valence-corrected chi connectivity index (χ2v) is 4.08. The molecular formula is C12H16O. The molecule has 0 bridgehead atoms. The van der Waals surface area contributed by atoms with Crippen molar-refractivity contribution in [2.75, 3.05) is 6.61 Å². The van der Waals surface area contributed by atoms with Gasteiger partial charge in [-0.05, 0) is 29.7 Å². The summed E-state index contributed by atoms with van der Waals surface area (Å²) in [5, 5.41) is 9.01. The van der Waals surface area contributed by atoms with Crippen molar-refractivity contribution in [1.29, 1.82) is 0 Å². The summed E-state index contributed by atoms with van der Waals surface area (Å²) >= 11 is 0. The van der Waals surface area contributed by atoms with Gasteiger partial charge >= 0.3 is 0 Å². The first-order valence-electron chi connectivity index (χ1n) is 4.98. The van der Waals surface area contributed by atoms with Crippen LogP contribution in [-0.4, -0.2) is 11.7 Å². The molecule has 3 atom stereocenters. The van der Waals surface area contributed by atoms with E-state index in [0.29, 0.717) is 24.4 Å². The smallest absolute Gasteiger partial charge is 0.0459 e. The quantitative estimate of drug-likeness (QED) is 0.750. The van der Waals surface area contributed by atoms with E-state index in [-0.39, 0.29) is 0 Å². The number of rotatable bonds is 3. The molecule has 0 spiro atoms. The first-order valence-corrected chi connectivity index (χ1v) is 4.98. The predicted molar refractivity (Wildman–Crippen MR) is 53.5 cm³/mol. The van der Waals surface area contributed by atoms with Crippen LogP contribution in [0.15, 0.2) is 30.3 Å². The fraction of sp³-hybridized carbons (Fsp3) is 0.500. The Morgan fingerprint density at radius 2 is 2.08 bits per heavy atom. The molecule has 1 saturated carbocycles. The van der Waals surface area contributed by atoms with Crippen LogP contribution in [-0.2, 0) is 0 Å². The van der Waals surface area contributed by atoms with Crippen molar-refractivity contribution in [3.8, 4) is 0 Å². The molecule has 0 heterocycles. The molecule has 1 nitrogen and oxygen atoms in total. The van der Waals surface area contributed by atoms with E-state index in [1.165, 1.54) is 12.0 Å². The number of aliphatic hydroxyl groups excluding tert-OH is 1. The van der Waals surface area contributed by atoms with Gasteiger partial charge < -0.3 is 5.11 Å². The Morgan fingerprint density at radius 1 is 1.38 bits per heavy atom. The molecule has 70 valence electrons. The van der Waals surface area contributed by atoms with Gasteiger partial charge in [0.15, 0.2) is 0 Å². The number of hydrogen-bond acceptors (Lipinski definition) is 1. The van der Waals surface area contributed by atoms with E-state index in [9.17, 15) is 0 Å². The van der Waals surface area contributed by atoms with Crippen molar-refractivity contribution < 1.29 is 5.11 Å². The number of hydrogen-bond donors (Lipinski definition) is 1. The molecule has 1 heteroatoms. The lowest BCUT2D eigenvalue weighted by Crippen LogP contribution is -2.03.